The molecule has 0 atom stereocenters. The van der Waals surface area contributed by atoms with Crippen molar-refractivity contribution in [3.8, 4) is 0 Å². The molecule has 0 fully saturated rings. The zero-order chi connectivity index (χ0) is 8.85. The van der Waals surface area contributed by atoms with Gasteiger partial charge < -0.3 is 10.1 Å². The standard InChI is InChI=1S/C7H11NO3/c1-5(7(10)8-3)4-11-6(2)9/h1,4H2,2-3H3,(H,8,10). The number of hydrogen-bond donors (Lipinski definition) is 1. The maximum absolute atomic E-state index is 10.7. The minimum atomic E-state index is -0.421. The smallest absolute Gasteiger partial charge is 0.302 e. The number of hydrogen-bond acceptors (Lipinski definition) is 3. The van der Waals surface area contributed by atoms with Crippen molar-refractivity contribution in [2.75, 3.05) is 13.7 Å². The van der Waals surface area contributed by atoms with Crippen molar-refractivity contribution in [1.29, 1.82) is 0 Å². The summed E-state index contributed by atoms with van der Waals surface area (Å²) < 4.78 is 4.53. The molecule has 0 aliphatic rings. The summed E-state index contributed by atoms with van der Waals surface area (Å²) in [6.45, 7) is 4.64. The number of carbonyl (C=O) groups is 2. The Morgan fingerprint density at radius 1 is 1.55 bits per heavy atom. The van der Waals surface area contributed by atoms with Crippen LogP contribution in [0.1, 0.15) is 6.92 Å². The third-order valence-corrected chi connectivity index (χ3v) is 0.998. The van der Waals surface area contributed by atoms with Crippen LogP contribution in [-0.2, 0) is 14.3 Å². The summed E-state index contributed by atoms with van der Waals surface area (Å²) in [7, 11) is 1.49. The van der Waals surface area contributed by atoms with Crippen LogP contribution in [-0.4, -0.2) is 25.5 Å². The van der Waals surface area contributed by atoms with E-state index in [2.05, 4.69) is 16.6 Å². The van der Waals surface area contributed by atoms with Crippen LogP contribution in [0.25, 0.3) is 0 Å². The molecular formula is C7H11NO3. The molecule has 1 amide bonds. The second-order valence-electron chi connectivity index (χ2n) is 1.96. The van der Waals surface area contributed by atoms with Crippen molar-refractivity contribution in [3.05, 3.63) is 12.2 Å². The predicted molar refractivity (Wildman–Crippen MR) is 39.8 cm³/mol. The van der Waals surface area contributed by atoms with Crippen LogP contribution in [0.2, 0.25) is 0 Å². The van der Waals surface area contributed by atoms with Gasteiger partial charge in [0.25, 0.3) is 0 Å². The number of nitrogens with one attached hydrogen (secondary N) is 1. The first-order chi connectivity index (χ1) is 5.07. The van der Waals surface area contributed by atoms with Crippen LogP contribution in [0, 0.1) is 0 Å². The highest BCUT2D eigenvalue weighted by atomic mass is 16.5. The van der Waals surface area contributed by atoms with Crippen LogP contribution in [0.15, 0.2) is 12.2 Å². The third kappa shape index (κ3) is 4.13. The highest BCUT2D eigenvalue weighted by molar-refractivity contribution is 5.93. The van der Waals surface area contributed by atoms with Gasteiger partial charge in [-0.15, -0.1) is 0 Å². The molecule has 0 saturated heterocycles. The van der Waals surface area contributed by atoms with E-state index >= 15 is 0 Å². The fourth-order valence-electron chi connectivity index (χ4n) is 0.431. The number of carbonyl (C=O) groups excluding carboxylic acids is 2. The van der Waals surface area contributed by atoms with Gasteiger partial charge in [-0.1, -0.05) is 6.58 Å². The molecule has 1 N–H and O–H groups in total. The minimum absolute atomic E-state index is 0.0466. The van der Waals surface area contributed by atoms with E-state index in [1.165, 1.54) is 14.0 Å². The summed E-state index contributed by atoms with van der Waals surface area (Å²) in [4.78, 5) is 21.0. The Balaban J connectivity index is 3.70. The Morgan fingerprint density at radius 3 is 2.45 bits per heavy atom. The van der Waals surface area contributed by atoms with Gasteiger partial charge in [0.05, 0.1) is 0 Å². The Hall–Kier alpha value is -1.32. The van der Waals surface area contributed by atoms with Gasteiger partial charge in [0.1, 0.15) is 6.61 Å². The quantitative estimate of drug-likeness (QED) is 0.458. The molecule has 0 unspecified atom stereocenters. The summed E-state index contributed by atoms with van der Waals surface area (Å²) >= 11 is 0. The molecule has 0 heterocycles. The maximum Gasteiger partial charge on any atom is 0.302 e. The molecule has 0 aromatic rings. The molecule has 0 radical (unpaired) electrons. The highest BCUT2D eigenvalue weighted by Crippen LogP contribution is 1.90. The lowest BCUT2D eigenvalue weighted by Crippen LogP contribution is -2.22. The molecule has 4 nitrogen and oxygen atoms in total. The van der Waals surface area contributed by atoms with Gasteiger partial charge in [-0.25, -0.2) is 0 Å². The van der Waals surface area contributed by atoms with E-state index in [-0.39, 0.29) is 18.1 Å². The topological polar surface area (TPSA) is 55.4 Å². The largest absolute Gasteiger partial charge is 0.461 e. The lowest BCUT2D eigenvalue weighted by Gasteiger charge is -2.02. The lowest BCUT2D eigenvalue weighted by atomic mass is 10.3. The zero-order valence-electron chi connectivity index (χ0n) is 6.64. The van der Waals surface area contributed by atoms with Gasteiger partial charge in [0.15, 0.2) is 0 Å². The van der Waals surface area contributed by atoms with Crippen LogP contribution in [0.3, 0.4) is 0 Å². The molecule has 0 aliphatic carbocycles. The lowest BCUT2D eigenvalue weighted by molar-refractivity contribution is -0.140. The van der Waals surface area contributed by atoms with Gasteiger partial charge in [-0.3, -0.25) is 9.59 Å². The van der Waals surface area contributed by atoms with Gasteiger partial charge in [0, 0.05) is 19.5 Å². The average molecular weight is 157 g/mol. The second-order valence-corrected chi connectivity index (χ2v) is 1.96. The van der Waals surface area contributed by atoms with Crippen molar-refractivity contribution in [3.63, 3.8) is 0 Å². The Morgan fingerprint density at radius 2 is 2.09 bits per heavy atom. The second kappa shape index (κ2) is 4.49. The molecule has 0 spiro atoms. The van der Waals surface area contributed by atoms with E-state index in [4.69, 9.17) is 0 Å². The number of likely N-dealkylation sites (N-methyl/N-ethyl adjacent to an activating group) is 1. The van der Waals surface area contributed by atoms with Crippen LogP contribution >= 0.6 is 0 Å². The average Bonchev–Trinajstić information content (AvgIpc) is 1.98. The molecule has 0 rings (SSSR count). The van der Waals surface area contributed by atoms with E-state index in [9.17, 15) is 9.59 Å². The Bertz CT molecular complexity index is 186. The molecule has 0 aromatic heterocycles. The van der Waals surface area contributed by atoms with E-state index in [0.717, 1.165) is 0 Å². The third-order valence-electron chi connectivity index (χ3n) is 0.998. The minimum Gasteiger partial charge on any atom is -0.461 e. The monoisotopic (exact) mass is 157 g/mol. The van der Waals surface area contributed by atoms with Crippen LogP contribution in [0.4, 0.5) is 0 Å². The highest BCUT2D eigenvalue weighted by Gasteiger charge is 2.04. The Kier molecular flexibility index (Phi) is 3.95. The predicted octanol–water partition coefficient (Wildman–Crippen LogP) is -0.148. The molecular weight excluding hydrogens is 146 g/mol. The Labute approximate surface area is 65.2 Å². The van der Waals surface area contributed by atoms with E-state index in [0.29, 0.717) is 0 Å². The zero-order valence-corrected chi connectivity index (χ0v) is 6.64. The van der Waals surface area contributed by atoms with Crippen LogP contribution in [0.5, 0.6) is 0 Å². The first kappa shape index (κ1) is 9.68. The molecule has 11 heavy (non-hydrogen) atoms. The molecule has 4 heteroatoms. The summed E-state index contributed by atoms with van der Waals surface area (Å²) in [6.07, 6.45) is 0. The molecule has 0 aromatic carbocycles. The van der Waals surface area contributed by atoms with E-state index < -0.39 is 5.97 Å². The van der Waals surface area contributed by atoms with Crippen molar-refractivity contribution < 1.29 is 14.3 Å². The normalized spacial score (nSPS) is 8.55. The number of esters is 1. The number of amides is 1. The summed E-state index contributed by atoms with van der Waals surface area (Å²) in [5.74, 6) is -0.735. The van der Waals surface area contributed by atoms with Crippen molar-refractivity contribution in [2.45, 2.75) is 6.92 Å². The fraction of sp³-hybridized carbons (Fsp3) is 0.429. The number of ether oxygens (including phenoxy) is 1. The fourth-order valence-corrected chi connectivity index (χ4v) is 0.431. The summed E-state index contributed by atoms with van der Waals surface area (Å²) in [5, 5.41) is 2.36. The van der Waals surface area contributed by atoms with Gasteiger partial charge in [-0.2, -0.15) is 0 Å². The SMILES string of the molecule is C=C(COC(C)=O)C(=O)NC. The molecule has 0 saturated carbocycles. The van der Waals surface area contributed by atoms with Crippen LogP contribution < -0.4 is 5.32 Å². The van der Waals surface area contributed by atoms with Crippen molar-refractivity contribution >= 4 is 11.9 Å². The van der Waals surface area contributed by atoms with Crippen molar-refractivity contribution in [2.24, 2.45) is 0 Å². The van der Waals surface area contributed by atoms with Gasteiger partial charge >= 0.3 is 5.97 Å². The first-order valence-corrected chi connectivity index (χ1v) is 3.11. The van der Waals surface area contributed by atoms with E-state index in [1.807, 2.05) is 0 Å². The van der Waals surface area contributed by atoms with E-state index in [1.54, 1.807) is 0 Å². The first-order valence-electron chi connectivity index (χ1n) is 3.11. The molecule has 0 bridgehead atoms. The maximum atomic E-state index is 10.7. The van der Waals surface area contributed by atoms with Gasteiger partial charge in [-0.05, 0) is 0 Å². The summed E-state index contributed by atoms with van der Waals surface area (Å²) in [6, 6.07) is 0. The number of rotatable bonds is 3. The molecule has 0 aliphatic heterocycles. The van der Waals surface area contributed by atoms with Gasteiger partial charge in [0.2, 0.25) is 5.91 Å². The summed E-state index contributed by atoms with van der Waals surface area (Å²) in [5.41, 5.74) is 0.239. The van der Waals surface area contributed by atoms with Crippen molar-refractivity contribution in [1.82, 2.24) is 5.32 Å². The molecule has 62 valence electrons.